The molecule has 0 radical (unpaired) electrons. The Morgan fingerprint density at radius 2 is 2.12 bits per heavy atom. The molecule has 2 rings (SSSR count). The third-order valence-electron chi connectivity index (χ3n) is 4.40. The summed E-state index contributed by atoms with van der Waals surface area (Å²) < 4.78 is 0. The molecule has 0 bridgehead atoms. The van der Waals surface area contributed by atoms with E-state index in [1.165, 1.54) is 36.0 Å². The molecule has 0 saturated heterocycles. The predicted molar refractivity (Wildman–Crippen MR) is 74.0 cm³/mol. The Morgan fingerprint density at radius 1 is 1.35 bits per heavy atom. The minimum Gasteiger partial charge on any atom is -0.321 e. The second-order valence-corrected chi connectivity index (χ2v) is 5.85. The summed E-state index contributed by atoms with van der Waals surface area (Å²) in [6.07, 6.45) is 6.22. The van der Waals surface area contributed by atoms with Crippen molar-refractivity contribution in [3.05, 3.63) is 34.9 Å². The maximum absolute atomic E-state index is 6.72. The number of hydrogen-bond donors (Lipinski definition) is 1. The molecule has 0 spiro atoms. The van der Waals surface area contributed by atoms with Gasteiger partial charge in [-0.2, -0.15) is 0 Å². The lowest BCUT2D eigenvalue weighted by molar-refractivity contribution is 0.220. The van der Waals surface area contributed by atoms with Crippen LogP contribution in [0.5, 0.6) is 0 Å². The van der Waals surface area contributed by atoms with E-state index >= 15 is 0 Å². The molecule has 1 saturated carbocycles. The Balaban J connectivity index is 2.33. The van der Waals surface area contributed by atoms with Crippen LogP contribution in [0.4, 0.5) is 0 Å². The van der Waals surface area contributed by atoms with Crippen molar-refractivity contribution >= 4 is 0 Å². The summed E-state index contributed by atoms with van der Waals surface area (Å²) in [5.74, 6) is 0.814. The molecule has 2 unspecified atom stereocenters. The zero-order chi connectivity index (χ0) is 12.5. The summed E-state index contributed by atoms with van der Waals surface area (Å²) >= 11 is 0. The maximum atomic E-state index is 6.72. The molecule has 2 atom stereocenters. The van der Waals surface area contributed by atoms with Crippen LogP contribution >= 0.6 is 0 Å². The van der Waals surface area contributed by atoms with E-state index in [2.05, 4.69) is 39.0 Å². The van der Waals surface area contributed by atoms with Gasteiger partial charge in [0.25, 0.3) is 0 Å². The highest BCUT2D eigenvalue weighted by molar-refractivity contribution is 5.36. The van der Waals surface area contributed by atoms with Gasteiger partial charge in [0.05, 0.1) is 0 Å². The van der Waals surface area contributed by atoms with Gasteiger partial charge >= 0.3 is 0 Å². The highest BCUT2D eigenvalue weighted by atomic mass is 14.8. The zero-order valence-corrected chi connectivity index (χ0v) is 11.4. The molecule has 1 aliphatic carbocycles. The first-order valence-electron chi connectivity index (χ1n) is 6.92. The SMILES string of the molecule is CCC1CCCC(N)(c2cc(C)ccc2C)C1. The second kappa shape index (κ2) is 4.81. The lowest BCUT2D eigenvalue weighted by atomic mass is 9.70. The second-order valence-electron chi connectivity index (χ2n) is 5.85. The van der Waals surface area contributed by atoms with Gasteiger partial charge in [-0.25, -0.2) is 0 Å². The molecular formula is C16H25N. The van der Waals surface area contributed by atoms with E-state index in [1.807, 2.05) is 0 Å². The summed E-state index contributed by atoms with van der Waals surface area (Å²) in [6, 6.07) is 6.70. The Kier molecular flexibility index (Phi) is 3.58. The molecule has 1 nitrogen and oxygen atoms in total. The Labute approximate surface area is 105 Å². The van der Waals surface area contributed by atoms with Crippen LogP contribution < -0.4 is 5.73 Å². The molecule has 1 fully saturated rings. The highest BCUT2D eigenvalue weighted by Crippen LogP contribution is 2.40. The molecule has 1 aliphatic rings. The van der Waals surface area contributed by atoms with Crippen LogP contribution in [0.15, 0.2) is 18.2 Å². The van der Waals surface area contributed by atoms with E-state index in [-0.39, 0.29) is 5.54 Å². The number of rotatable bonds is 2. The number of benzene rings is 1. The molecule has 1 aromatic carbocycles. The topological polar surface area (TPSA) is 26.0 Å². The average molecular weight is 231 g/mol. The molecule has 2 N–H and O–H groups in total. The van der Waals surface area contributed by atoms with Crippen LogP contribution in [-0.4, -0.2) is 0 Å². The zero-order valence-electron chi connectivity index (χ0n) is 11.4. The van der Waals surface area contributed by atoms with Gasteiger partial charge in [-0.05, 0) is 43.7 Å². The standard InChI is InChI=1S/C16H25N/c1-4-14-6-5-9-16(17,11-14)15-10-12(2)7-8-13(15)3/h7-8,10,14H,4-6,9,11,17H2,1-3H3. The van der Waals surface area contributed by atoms with Crippen molar-refractivity contribution in [1.29, 1.82) is 0 Å². The number of hydrogen-bond acceptors (Lipinski definition) is 1. The Bertz CT molecular complexity index is 397. The van der Waals surface area contributed by atoms with Crippen LogP contribution in [0, 0.1) is 19.8 Å². The molecule has 0 amide bonds. The minimum absolute atomic E-state index is 0.0744. The average Bonchev–Trinajstić information content (AvgIpc) is 2.32. The molecule has 0 aromatic heterocycles. The van der Waals surface area contributed by atoms with Gasteiger partial charge < -0.3 is 5.73 Å². The van der Waals surface area contributed by atoms with Crippen molar-refractivity contribution in [2.45, 2.75) is 58.4 Å². The first kappa shape index (κ1) is 12.6. The molecule has 0 aliphatic heterocycles. The van der Waals surface area contributed by atoms with Crippen molar-refractivity contribution in [2.75, 3.05) is 0 Å². The number of aryl methyl sites for hydroxylation is 2. The summed E-state index contributed by atoms with van der Waals surface area (Å²) in [4.78, 5) is 0. The highest BCUT2D eigenvalue weighted by Gasteiger charge is 2.34. The molecule has 0 heterocycles. The van der Waals surface area contributed by atoms with Gasteiger partial charge in [0.15, 0.2) is 0 Å². The van der Waals surface area contributed by atoms with Crippen LogP contribution in [-0.2, 0) is 5.54 Å². The van der Waals surface area contributed by atoms with Crippen LogP contribution in [0.1, 0.15) is 55.7 Å². The fraction of sp³-hybridized carbons (Fsp3) is 0.625. The summed E-state index contributed by atoms with van der Waals surface area (Å²) in [6.45, 7) is 6.64. The van der Waals surface area contributed by atoms with E-state index in [9.17, 15) is 0 Å². The van der Waals surface area contributed by atoms with Crippen LogP contribution in [0.2, 0.25) is 0 Å². The fourth-order valence-corrected chi connectivity index (χ4v) is 3.29. The van der Waals surface area contributed by atoms with Crippen molar-refractivity contribution < 1.29 is 0 Å². The molecule has 94 valence electrons. The van der Waals surface area contributed by atoms with Crippen molar-refractivity contribution in [2.24, 2.45) is 11.7 Å². The predicted octanol–water partition coefficient (Wildman–Crippen LogP) is 4.06. The van der Waals surface area contributed by atoms with Crippen molar-refractivity contribution in [3.63, 3.8) is 0 Å². The monoisotopic (exact) mass is 231 g/mol. The van der Waals surface area contributed by atoms with E-state index in [0.717, 1.165) is 18.8 Å². The van der Waals surface area contributed by atoms with Gasteiger partial charge in [-0.15, -0.1) is 0 Å². The Hall–Kier alpha value is -0.820. The minimum atomic E-state index is -0.0744. The third-order valence-corrected chi connectivity index (χ3v) is 4.40. The maximum Gasteiger partial charge on any atom is 0.0415 e. The van der Waals surface area contributed by atoms with E-state index < -0.39 is 0 Å². The largest absolute Gasteiger partial charge is 0.321 e. The lowest BCUT2D eigenvalue weighted by Gasteiger charge is -2.39. The quantitative estimate of drug-likeness (QED) is 0.816. The van der Waals surface area contributed by atoms with Gasteiger partial charge in [-0.1, -0.05) is 49.9 Å². The molecule has 1 heteroatoms. The van der Waals surface area contributed by atoms with Gasteiger partial charge in [-0.3, -0.25) is 0 Å². The van der Waals surface area contributed by atoms with E-state index in [0.29, 0.717) is 0 Å². The van der Waals surface area contributed by atoms with Crippen LogP contribution in [0.25, 0.3) is 0 Å². The van der Waals surface area contributed by atoms with Gasteiger partial charge in [0.1, 0.15) is 0 Å². The summed E-state index contributed by atoms with van der Waals surface area (Å²) in [7, 11) is 0. The fourth-order valence-electron chi connectivity index (χ4n) is 3.29. The van der Waals surface area contributed by atoms with E-state index in [1.54, 1.807) is 0 Å². The summed E-state index contributed by atoms with van der Waals surface area (Å²) in [5, 5.41) is 0. The van der Waals surface area contributed by atoms with Crippen molar-refractivity contribution in [3.8, 4) is 0 Å². The molecular weight excluding hydrogens is 206 g/mol. The number of nitrogens with two attached hydrogens (primary N) is 1. The molecule has 1 aromatic rings. The van der Waals surface area contributed by atoms with E-state index in [4.69, 9.17) is 5.73 Å². The smallest absolute Gasteiger partial charge is 0.0415 e. The van der Waals surface area contributed by atoms with Gasteiger partial charge in [0, 0.05) is 5.54 Å². The third kappa shape index (κ3) is 2.55. The van der Waals surface area contributed by atoms with Gasteiger partial charge in [0.2, 0.25) is 0 Å². The lowest BCUT2D eigenvalue weighted by Crippen LogP contribution is -2.42. The first-order chi connectivity index (χ1) is 8.05. The van der Waals surface area contributed by atoms with Crippen LogP contribution in [0.3, 0.4) is 0 Å². The molecule has 17 heavy (non-hydrogen) atoms. The van der Waals surface area contributed by atoms with Crippen molar-refractivity contribution in [1.82, 2.24) is 0 Å². The Morgan fingerprint density at radius 3 is 2.82 bits per heavy atom. The summed E-state index contributed by atoms with van der Waals surface area (Å²) in [5.41, 5.74) is 10.7. The normalized spacial score (nSPS) is 29.3. The first-order valence-corrected chi connectivity index (χ1v) is 6.92.